The quantitative estimate of drug-likeness (QED) is 0.740. The molecule has 0 spiro atoms. The minimum absolute atomic E-state index is 0.138. The van der Waals surface area contributed by atoms with Crippen molar-refractivity contribution < 1.29 is 4.79 Å². The van der Waals surface area contributed by atoms with E-state index in [1.54, 1.807) is 4.68 Å². The summed E-state index contributed by atoms with van der Waals surface area (Å²) in [5.41, 5.74) is 4.00. The Morgan fingerprint density at radius 2 is 1.79 bits per heavy atom. The Bertz CT molecular complexity index is 834. The highest BCUT2D eigenvalue weighted by Crippen LogP contribution is 2.25. The molecule has 0 saturated carbocycles. The van der Waals surface area contributed by atoms with Gasteiger partial charge in [0.25, 0.3) is 0 Å². The van der Waals surface area contributed by atoms with Crippen LogP contribution in [0, 0.1) is 20.8 Å². The van der Waals surface area contributed by atoms with Gasteiger partial charge in [-0.3, -0.25) is 19.1 Å². The van der Waals surface area contributed by atoms with Crippen molar-refractivity contribution in [2.45, 2.75) is 60.2 Å². The lowest BCUT2D eigenvalue weighted by atomic mass is 10.1. The van der Waals surface area contributed by atoms with E-state index < -0.39 is 0 Å². The zero-order valence-electron chi connectivity index (χ0n) is 17.6. The summed E-state index contributed by atoms with van der Waals surface area (Å²) >= 11 is 6.29. The maximum Gasteiger partial charge on any atom is 0.247 e. The van der Waals surface area contributed by atoms with Gasteiger partial charge in [-0.15, -0.1) is 0 Å². The van der Waals surface area contributed by atoms with Crippen molar-refractivity contribution in [3.8, 4) is 0 Å². The van der Waals surface area contributed by atoms with E-state index in [9.17, 15) is 4.79 Å². The van der Waals surface area contributed by atoms with Crippen LogP contribution in [0.1, 0.15) is 49.0 Å². The van der Waals surface area contributed by atoms with E-state index in [1.165, 1.54) is 5.56 Å². The largest absolute Gasteiger partial charge is 0.338 e. The molecule has 1 aliphatic rings. The first-order valence-electron chi connectivity index (χ1n) is 10.1. The predicted octanol–water partition coefficient (Wildman–Crippen LogP) is 2.97. The van der Waals surface area contributed by atoms with Crippen molar-refractivity contribution in [1.82, 2.24) is 29.4 Å². The molecule has 2 aromatic heterocycles. The van der Waals surface area contributed by atoms with Crippen molar-refractivity contribution in [3.05, 3.63) is 33.9 Å². The molecule has 3 heterocycles. The average Bonchev–Trinajstić information content (AvgIpc) is 3.17. The van der Waals surface area contributed by atoms with Crippen LogP contribution >= 0.6 is 11.6 Å². The van der Waals surface area contributed by atoms with Gasteiger partial charge < -0.3 is 4.90 Å². The zero-order valence-corrected chi connectivity index (χ0v) is 18.3. The molecule has 1 unspecified atom stereocenters. The van der Waals surface area contributed by atoms with Crippen molar-refractivity contribution >= 4 is 17.5 Å². The van der Waals surface area contributed by atoms with Gasteiger partial charge in [0.15, 0.2) is 0 Å². The minimum Gasteiger partial charge on any atom is -0.338 e. The molecule has 0 aliphatic carbocycles. The van der Waals surface area contributed by atoms with Crippen LogP contribution in [0.2, 0.25) is 5.02 Å². The lowest BCUT2D eigenvalue weighted by Crippen LogP contribution is -2.50. The van der Waals surface area contributed by atoms with Crippen LogP contribution < -0.4 is 0 Å². The highest BCUT2D eigenvalue weighted by Gasteiger charge is 2.30. The van der Waals surface area contributed by atoms with E-state index in [0.717, 1.165) is 56.4 Å². The molecule has 1 amide bonds. The van der Waals surface area contributed by atoms with E-state index in [1.807, 2.05) is 30.4 Å². The molecule has 154 valence electrons. The van der Waals surface area contributed by atoms with Crippen LogP contribution in [0.4, 0.5) is 0 Å². The summed E-state index contributed by atoms with van der Waals surface area (Å²) in [5.74, 6) is 0.138. The normalized spacial score (nSPS) is 16.6. The molecular formula is C20H31ClN6O. The predicted molar refractivity (Wildman–Crippen MR) is 111 cm³/mol. The summed E-state index contributed by atoms with van der Waals surface area (Å²) < 4.78 is 3.78. The molecule has 7 nitrogen and oxygen atoms in total. The number of aromatic nitrogens is 4. The van der Waals surface area contributed by atoms with Crippen molar-refractivity contribution in [3.63, 3.8) is 0 Å². The molecule has 0 bridgehead atoms. The molecule has 8 heteroatoms. The van der Waals surface area contributed by atoms with E-state index in [4.69, 9.17) is 11.6 Å². The van der Waals surface area contributed by atoms with Gasteiger partial charge >= 0.3 is 0 Å². The van der Waals surface area contributed by atoms with Crippen molar-refractivity contribution in [2.75, 3.05) is 26.2 Å². The standard InChI is InChI=1S/C20H31ClN6O/c1-6-18(27-16(5)19(21)15(4)23-27)20(28)25-10-8-24(9-11-25)12-17-13-26(7-2)22-14(17)3/h13,18H,6-12H2,1-5H3. The van der Waals surface area contributed by atoms with Crippen LogP contribution in [-0.2, 0) is 17.9 Å². The Morgan fingerprint density at radius 1 is 1.11 bits per heavy atom. The number of nitrogens with zero attached hydrogens (tertiary/aromatic N) is 6. The van der Waals surface area contributed by atoms with Gasteiger partial charge in [-0.1, -0.05) is 18.5 Å². The number of amides is 1. The number of halogens is 1. The maximum absolute atomic E-state index is 13.2. The van der Waals surface area contributed by atoms with Gasteiger partial charge in [-0.05, 0) is 34.1 Å². The highest BCUT2D eigenvalue weighted by atomic mass is 35.5. The average molecular weight is 407 g/mol. The third-order valence-electron chi connectivity index (χ3n) is 5.65. The number of hydrogen-bond acceptors (Lipinski definition) is 4. The van der Waals surface area contributed by atoms with Gasteiger partial charge in [0.1, 0.15) is 6.04 Å². The summed E-state index contributed by atoms with van der Waals surface area (Å²) in [7, 11) is 0. The Labute approximate surface area is 172 Å². The number of hydrogen-bond donors (Lipinski definition) is 0. The SMILES string of the molecule is CCC(C(=O)N1CCN(Cc2cn(CC)nc2C)CC1)n1nc(C)c(Cl)c1C. The summed E-state index contributed by atoms with van der Waals surface area (Å²) in [6, 6.07) is -0.289. The van der Waals surface area contributed by atoms with Crippen LogP contribution in [0.3, 0.4) is 0 Å². The molecule has 28 heavy (non-hydrogen) atoms. The molecule has 1 atom stereocenters. The fourth-order valence-electron chi connectivity index (χ4n) is 3.85. The monoisotopic (exact) mass is 406 g/mol. The number of aryl methyl sites for hydroxylation is 3. The lowest BCUT2D eigenvalue weighted by molar-refractivity contribution is -0.137. The van der Waals surface area contributed by atoms with E-state index in [2.05, 4.69) is 35.1 Å². The zero-order chi connectivity index (χ0) is 20.4. The summed E-state index contributed by atoms with van der Waals surface area (Å²) in [4.78, 5) is 17.5. The van der Waals surface area contributed by atoms with E-state index >= 15 is 0 Å². The van der Waals surface area contributed by atoms with Gasteiger partial charge in [0.2, 0.25) is 5.91 Å². The molecular weight excluding hydrogens is 376 g/mol. The van der Waals surface area contributed by atoms with E-state index in [-0.39, 0.29) is 11.9 Å². The number of rotatable bonds is 6. The fourth-order valence-corrected chi connectivity index (χ4v) is 3.98. The van der Waals surface area contributed by atoms with Gasteiger partial charge in [0, 0.05) is 51.0 Å². The molecule has 0 N–H and O–H groups in total. The molecule has 3 rings (SSSR count). The smallest absolute Gasteiger partial charge is 0.247 e. The number of carbonyl (C=O) groups excluding carboxylic acids is 1. The Balaban J connectivity index is 1.62. The number of piperazine rings is 1. The summed E-state index contributed by atoms with van der Waals surface area (Å²) in [5, 5.41) is 9.69. The van der Waals surface area contributed by atoms with Crippen LogP contribution in [0.25, 0.3) is 0 Å². The lowest BCUT2D eigenvalue weighted by Gasteiger charge is -2.36. The first-order chi connectivity index (χ1) is 13.3. The van der Waals surface area contributed by atoms with Crippen molar-refractivity contribution in [1.29, 1.82) is 0 Å². The Morgan fingerprint density at radius 3 is 2.29 bits per heavy atom. The van der Waals surface area contributed by atoms with Crippen LogP contribution in [0.15, 0.2) is 6.20 Å². The van der Waals surface area contributed by atoms with Gasteiger partial charge in [-0.25, -0.2) is 0 Å². The van der Waals surface area contributed by atoms with Crippen LogP contribution in [-0.4, -0.2) is 61.4 Å². The number of carbonyl (C=O) groups is 1. The Kier molecular flexibility index (Phi) is 6.45. The molecule has 0 aromatic carbocycles. The molecule has 1 aliphatic heterocycles. The van der Waals surface area contributed by atoms with Gasteiger partial charge in [0.05, 0.1) is 22.1 Å². The summed E-state index contributed by atoms with van der Waals surface area (Å²) in [6.07, 6.45) is 2.83. The highest BCUT2D eigenvalue weighted by molar-refractivity contribution is 6.31. The molecule has 1 saturated heterocycles. The fraction of sp³-hybridized carbons (Fsp3) is 0.650. The second kappa shape index (κ2) is 8.66. The van der Waals surface area contributed by atoms with Crippen LogP contribution in [0.5, 0.6) is 0 Å². The molecule has 1 fully saturated rings. The molecule has 2 aromatic rings. The maximum atomic E-state index is 13.2. The topological polar surface area (TPSA) is 59.2 Å². The third-order valence-corrected chi connectivity index (χ3v) is 6.20. The van der Waals surface area contributed by atoms with E-state index in [0.29, 0.717) is 11.4 Å². The first kappa shape index (κ1) is 20.9. The first-order valence-corrected chi connectivity index (χ1v) is 10.5. The summed E-state index contributed by atoms with van der Waals surface area (Å²) in [6.45, 7) is 15.0. The third kappa shape index (κ3) is 4.10. The minimum atomic E-state index is -0.289. The second-order valence-corrected chi connectivity index (χ2v) is 7.93. The van der Waals surface area contributed by atoms with Gasteiger partial charge in [-0.2, -0.15) is 10.2 Å². The van der Waals surface area contributed by atoms with Crippen molar-refractivity contribution in [2.24, 2.45) is 0 Å². The second-order valence-electron chi connectivity index (χ2n) is 7.55. The molecule has 0 radical (unpaired) electrons. The Hall–Kier alpha value is -1.86.